The van der Waals surface area contributed by atoms with Crippen LogP contribution in [0.15, 0.2) is 85.5 Å². The minimum Gasteiger partial charge on any atom is -0.345 e. The number of nitrogens with one attached hydrogen (secondary N) is 1. The molecule has 0 saturated heterocycles. The molecular weight excluding hydrogens is 486 g/mol. The third-order valence-electron chi connectivity index (χ3n) is 6.70. The lowest BCUT2D eigenvalue weighted by molar-refractivity contribution is 0.0941. The van der Waals surface area contributed by atoms with Crippen LogP contribution in [0.3, 0.4) is 0 Å². The second kappa shape index (κ2) is 9.88. The zero-order valence-electron chi connectivity index (χ0n) is 21.8. The third-order valence-corrected chi connectivity index (χ3v) is 6.70. The third kappa shape index (κ3) is 4.62. The van der Waals surface area contributed by atoms with Crippen LogP contribution in [0.1, 0.15) is 45.7 Å². The molecule has 1 N–H and O–H groups in total. The van der Waals surface area contributed by atoms with Gasteiger partial charge >= 0.3 is 0 Å². The fourth-order valence-corrected chi connectivity index (χ4v) is 4.82. The molecule has 1 atom stereocenters. The summed E-state index contributed by atoms with van der Waals surface area (Å²) in [5, 5.41) is 21.4. The van der Waals surface area contributed by atoms with Crippen LogP contribution in [-0.4, -0.2) is 35.5 Å². The number of benzene rings is 2. The molecule has 0 aliphatic carbocycles. The van der Waals surface area contributed by atoms with E-state index in [1.807, 2.05) is 75.8 Å². The van der Waals surface area contributed by atoms with Crippen LogP contribution in [0.5, 0.6) is 0 Å². The van der Waals surface area contributed by atoms with Crippen LogP contribution in [0, 0.1) is 18.8 Å². The zero-order valence-corrected chi connectivity index (χ0v) is 21.8. The van der Waals surface area contributed by atoms with Gasteiger partial charge in [-0.3, -0.25) is 9.48 Å². The largest absolute Gasteiger partial charge is 0.345 e. The maximum atomic E-state index is 13.5. The highest BCUT2D eigenvalue weighted by atomic mass is 16.1. The molecule has 8 heteroatoms. The highest BCUT2D eigenvalue weighted by Crippen LogP contribution is 2.33. The lowest BCUT2D eigenvalue weighted by Gasteiger charge is -2.19. The summed E-state index contributed by atoms with van der Waals surface area (Å²) in [7, 11) is 1.86. The van der Waals surface area contributed by atoms with Gasteiger partial charge < -0.3 is 5.32 Å². The van der Waals surface area contributed by atoms with Gasteiger partial charge in [0.15, 0.2) is 0 Å². The molecule has 0 spiro atoms. The number of pyridine rings is 1. The quantitative estimate of drug-likeness (QED) is 0.341. The lowest BCUT2D eigenvalue weighted by Crippen LogP contribution is -2.27. The molecule has 6 aromatic rings. The van der Waals surface area contributed by atoms with E-state index in [1.165, 1.54) is 0 Å². The van der Waals surface area contributed by atoms with Crippen LogP contribution in [-0.2, 0) is 7.05 Å². The van der Waals surface area contributed by atoms with Crippen molar-refractivity contribution >= 4 is 22.3 Å². The lowest BCUT2D eigenvalue weighted by atomic mass is 9.92. The summed E-state index contributed by atoms with van der Waals surface area (Å²) in [5.74, 6) is 6.22. The van der Waals surface area contributed by atoms with Crippen molar-refractivity contribution in [2.75, 3.05) is 0 Å². The molecule has 0 aliphatic heterocycles. The molecule has 39 heavy (non-hydrogen) atoms. The fourth-order valence-electron chi connectivity index (χ4n) is 4.82. The number of rotatable bonds is 4. The number of aromatic nitrogens is 6. The van der Waals surface area contributed by atoms with Gasteiger partial charge in [0.1, 0.15) is 0 Å². The van der Waals surface area contributed by atoms with Crippen molar-refractivity contribution in [3.05, 3.63) is 113 Å². The van der Waals surface area contributed by atoms with E-state index >= 15 is 0 Å². The number of hydrogen-bond acceptors (Lipinski definition) is 5. The molecule has 0 saturated carbocycles. The molecule has 2 aromatic carbocycles. The maximum Gasteiger partial charge on any atom is 0.255 e. The molecule has 0 radical (unpaired) electrons. The molecule has 4 aromatic heterocycles. The second-order valence-electron chi connectivity index (χ2n) is 9.42. The van der Waals surface area contributed by atoms with E-state index in [1.54, 1.807) is 21.6 Å². The van der Waals surface area contributed by atoms with Gasteiger partial charge in [-0.2, -0.15) is 20.4 Å². The number of nitrogens with zero attached hydrogens (tertiary/aromatic N) is 6. The Kier molecular flexibility index (Phi) is 6.10. The minimum atomic E-state index is -0.317. The van der Waals surface area contributed by atoms with E-state index in [0.717, 1.165) is 38.7 Å². The molecule has 6 rings (SSSR count). The normalized spacial score (nSPS) is 11.8. The molecular formula is C31H25N7O. The molecule has 4 heterocycles. The highest BCUT2D eigenvalue weighted by molar-refractivity contribution is 6.02. The predicted octanol–water partition coefficient (Wildman–Crippen LogP) is 4.88. The molecule has 0 fully saturated rings. The zero-order chi connectivity index (χ0) is 26.9. The van der Waals surface area contributed by atoms with Crippen molar-refractivity contribution in [3.63, 3.8) is 0 Å². The summed E-state index contributed by atoms with van der Waals surface area (Å²) in [4.78, 5) is 13.5. The number of aryl methyl sites for hydroxylation is 2. The molecule has 0 bridgehead atoms. The van der Waals surface area contributed by atoms with Gasteiger partial charge in [-0.1, -0.05) is 48.2 Å². The van der Waals surface area contributed by atoms with Crippen molar-refractivity contribution in [2.24, 2.45) is 7.05 Å². The minimum absolute atomic E-state index is 0.178. The van der Waals surface area contributed by atoms with Crippen molar-refractivity contribution < 1.29 is 4.79 Å². The topological polar surface area (TPSA) is 90.0 Å². The van der Waals surface area contributed by atoms with Gasteiger partial charge in [-0.25, -0.2) is 4.52 Å². The van der Waals surface area contributed by atoms with Gasteiger partial charge in [0, 0.05) is 24.8 Å². The summed E-state index contributed by atoms with van der Waals surface area (Å²) in [6.45, 7) is 3.83. The van der Waals surface area contributed by atoms with E-state index in [-0.39, 0.29) is 11.9 Å². The molecule has 190 valence electrons. The van der Waals surface area contributed by atoms with Crippen molar-refractivity contribution in [1.29, 1.82) is 0 Å². The van der Waals surface area contributed by atoms with Crippen molar-refractivity contribution in [1.82, 2.24) is 34.9 Å². The first-order valence-corrected chi connectivity index (χ1v) is 12.6. The van der Waals surface area contributed by atoms with E-state index in [4.69, 9.17) is 0 Å². The van der Waals surface area contributed by atoms with Crippen molar-refractivity contribution in [2.45, 2.75) is 19.9 Å². The van der Waals surface area contributed by atoms with E-state index < -0.39 is 0 Å². The van der Waals surface area contributed by atoms with Gasteiger partial charge in [0.25, 0.3) is 5.91 Å². The van der Waals surface area contributed by atoms with E-state index in [0.29, 0.717) is 16.8 Å². The van der Waals surface area contributed by atoms with Crippen LogP contribution < -0.4 is 5.32 Å². The average Bonchev–Trinajstić information content (AvgIpc) is 3.52. The standard InChI is InChI=1S/C31H25N7O/c1-20(34-31(39)30-21(2)36-38-14-8-7-11-29(30)38)25-16-28-27(15-26(25)23-9-5-4-6-10-23)24(18-32-35-28)13-12-22-17-33-37(3)19-22/h4-11,14-20H,1-3H3,(H,34,39)/t20-/m0/s1. The Hall–Kier alpha value is -5.29. The first-order valence-electron chi connectivity index (χ1n) is 12.6. The molecule has 8 nitrogen and oxygen atoms in total. The average molecular weight is 512 g/mol. The van der Waals surface area contributed by atoms with Gasteiger partial charge in [-0.15, -0.1) is 0 Å². The van der Waals surface area contributed by atoms with Crippen molar-refractivity contribution in [3.8, 4) is 23.0 Å². The van der Waals surface area contributed by atoms with E-state index in [9.17, 15) is 4.79 Å². The maximum absolute atomic E-state index is 13.5. The SMILES string of the molecule is Cc1nn2ccccc2c1C(=O)N[C@@H](C)c1cc2nncc(C#Cc3cnn(C)c3)c2cc1-c1ccccc1. The first-order chi connectivity index (χ1) is 19.0. The fraction of sp³-hybridized carbons (Fsp3) is 0.129. The second-order valence-corrected chi connectivity index (χ2v) is 9.42. The Morgan fingerprint density at radius 1 is 1.03 bits per heavy atom. The highest BCUT2D eigenvalue weighted by Gasteiger charge is 2.22. The summed E-state index contributed by atoms with van der Waals surface area (Å²) in [6.07, 6.45) is 7.12. The Bertz CT molecular complexity index is 1910. The van der Waals surface area contributed by atoms with Crippen LogP contribution in [0.25, 0.3) is 27.5 Å². The smallest absolute Gasteiger partial charge is 0.255 e. The number of fused-ring (bicyclic) bond motifs is 2. The van der Waals surface area contributed by atoms with Crippen LogP contribution in [0.2, 0.25) is 0 Å². The van der Waals surface area contributed by atoms with Gasteiger partial charge in [0.05, 0.1) is 51.9 Å². The molecule has 0 unspecified atom stereocenters. The molecule has 0 aliphatic rings. The summed E-state index contributed by atoms with van der Waals surface area (Å²) in [5.41, 5.74) is 7.26. The Morgan fingerprint density at radius 2 is 1.85 bits per heavy atom. The van der Waals surface area contributed by atoms with Crippen LogP contribution in [0.4, 0.5) is 0 Å². The Balaban J connectivity index is 1.43. The van der Waals surface area contributed by atoms with E-state index in [2.05, 4.69) is 55.8 Å². The number of amides is 1. The molecule has 1 amide bonds. The number of hydrogen-bond donors (Lipinski definition) is 1. The Morgan fingerprint density at radius 3 is 2.64 bits per heavy atom. The summed E-state index contributed by atoms with van der Waals surface area (Å²) < 4.78 is 3.45. The number of carbonyl (C=O) groups is 1. The van der Waals surface area contributed by atoms with Crippen LogP contribution >= 0.6 is 0 Å². The Labute approximate surface area is 225 Å². The summed E-state index contributed by atoms with van der Waals surface area (Å²) >= 11 is 0. The summed E-state index contributed by atoms with van der Waals surface area (Å²) in [6, 6.07) is 19.6. The first kappa shape index (κ1) is 24.1. The van der Waals surface area contributed by atoms with Gasteiger partial charge in [0.2, 0.25) is 0 Å². The number of carbonyl (C=O) groups excluding carboxylic acids is 1. The predicted molar refractivity (Wildman–Crippen MR) is 150 cm³/mol. The monoisotopic (exact) mass is 511 g/mol. The van der Waals surface area contributed by atoms with Gasteiger partial charge in [-0.05, 0) is 54.8 Å².